The first-order valence-corrected chi connectivity index (χ1v) is 11.4. The van der Waals surface area contributed by atoms with Gasteiger partial charge in [0.25, 0.3) is 0 Å². The molecule has 3 N–H and O–H groups in total. The maximum atomic E-state index is 12.9. The van der Waals surface area contributed by atoms with Crippen LogP contribution in [0, 0.1) is 6.92 Å². The molecule has 2 fully saturated rings. The van der Waals surface area contributed by atoms with Crippen molar-refractivity contribution < 1.29 is 9.32 Å². The number of hydrogen-bond acceptors (Lipinski definition) is 7. The van der Waals surface area contributed by atoms with Crippen molar-refractivity contribution in [2.75, 3.05) is 15.5 Å². The van der Waals surface area contributed by atoms with Gasteiger partial charge >= 0.3 is 6.03 Å². The van der Waals surface area contributed by atoms with Crippen molar-refractivity contribution in [3.8, 4) is 22.5 Å². The molecule has 6 rings (SSSR count). The molecule has 2 saturated carbocycles. The Morgan fingerprint density at radius 1 is 1.03 bits per heavy atom. The SMILES string of the molecule is Cc1cc(NC(=O)Nc2cc(-c3ccccc3-c3nnn[nH]3)ccc2N(C2CC2)C2CC2)no1. The van der Waals surface area contributed by atoms with Crippen molar-refractivity contribution in [3.05, 3.63) is 54.3 Å². The Balaban J connectivity index is 1.38. The van der Waals surface area contributed by atoms with Crippen LogP contribution >= 0.6 is 0 Å². The molecule has 172 valence electrons. The monoisotopic (exact) mass is 456 g/mol. The average Bonchev–Trinajstić information content (AvgIpc) is 3.76. The molecular weight excluding hydrogens is 432 g/mol. The predicted octanol–water partition coefficient (Wildman–Crippen LogP) is 4.61. The first-order valence-electron chi connectivity index (χ1n) is 11.4. The van der Waals surface area contributed by atoms with Gasteiger partial charge in [-0.15, -0.1) is 5.10 Å². The number of H-pyrrole nitrogens is 1. The average molecular weight is 457 g/mol. The number of aromatic nitrogens is 5. The van der Waals surface area contributed by atoms with Gasteiger partial charge in [0, 0.05) is 23.7 Å². The summed E-state index contributed by atoms with van der Waals surface area (Å²) in [6.45, 7) is 1.78. The standard InChI is InChI=1S/C24H24N8O2/c1-14-12-22(29-34-14)26-24(33)25-20-13-15(6-11-21(20)32(16-7-8-16)17-9-10-17)18-4-2-3-5-19(18)23-27-30-31-28-23/h2-6,11-13,16-17H,7-10H2,1H3,(H2,25,26,29,33)(H,27,28,30,31). The lowest BCUT2D eigenvalue weighted by atomic mass is 9.98. The normalized spacial score (nSPS) is 15.2. The molecule has 0 aliphatic heterocycles. The van der Waals surface area contributed by atoms with Gasteiger partial charge in [0.05, 0.1) is 11.4 Å². The molecule has 10 nitrogen and oxygen atoms in total. The van der Waals surface area contributed by atoms with E-state index < -0.39 is 0 Å². The van der Waals surface area contributed by atoms with Crippen LogP contribution in [0.4, 0.5) is 22.0 Å². The number of rotatable bonds is 7. The van der Waals surface area contributed by atoms with E-state index in [1.165, 1.54) is 25.7 Å². The Hall–Kier alpha value is -4.21. The molecule has 2 aliphatic rings. The number of aryl methyl sites for hydroxylation is 1. The van der Waals surface area contributed by atoms with Crippen molar-refractivity contribution >= 4 is 23.2 Å². The Bertz CT molecular complexity index is 1310. The molecule has 0 spiro atoms. The fourth-order valence-electron chi connectivity index (χ4n) is 4.34. The summed E-state index contributed by atoms with van der Waals surface area (Å²) in [5.74, 6) is 1.59. The van der Waals surface area contributed by atoms with Gasteiger partial charge < -0.3 is 14.7 Å². The molecule has 0 bridgehead atoms. The first kappa shape index (κ1) is 20.4. The Morgan fingerprint density at radius 2 is 1.79 bits per heavy atom. The predicted molar refractivity (Wildman–Crippen MR) is 127 cm³/mol. The van der Waals surface area contributed by atoms with Gasteiger partial charge in [-0.3, -0.25) is 5.32 Å². The number of carbonyl (C=O) groups is 1. The minimum atomic E-state index is -0.369. The molecular formula is C24H24N8O2. The van der Waals surface area contributed by atoms with Gasteiger partial charge in [-0.2, -0.15) is 0 Å². The van der Waals surface area contributed by atoms with Gasteiger partial charge in [-0.1, -0.05) is 35.5 Å². The first-order chi connectivity index (χ1) is 16.7. The van der Waals surface area contributed by atoms with E-state index in [2.05, 4.69) is 53.4 Å². The number of benzene rings is 2. The van der Waals surface area contributed by atoms with Crippen LogP contribution in [0.3, 0.4) is 0 Å². The zero-order chi connectivity index (χ0) is 23.1. The second-order valence-corrected chi connectivity index (χ2v) is 8.80. The third-order valence-electron chi connectivity index (χ3n) is 6.11. The van der Waals surface area contributed by atoms with E-state index in [0.29, 0.717) is 29.5 Å². The largest absolute Gasteiger partial charge is 0.364 e. The third-order valence-corrected chi connectivity index (χ3v) is 6.11. The third kappa shape index (κ3) is 4.09. The number of hydrogen-bond donors (Lipinski definition) is 3. The molecule has 2 heterocycles. The van der Waals surface area contributed by atoms with Crippen LogP contribution in [0.5, 0.6) is 0 Å². The summed E-state index contributed by atoms with van der Waals surface area (Å²) < 4.78 is 5.06. The summed E-state index contributed by atoms with van der Waals surface area (Å²) in [5.41, 5.74) is 4.59. The van der Waals surface area contributed by atoms with Crippen LogP contribution in [-0.2, 0) is 0 Å². The number of aromatic amines is 1. The summed E-state index contributed by atoms with van der Waals surface area (Å²) in [4.78, 5) is 15.4. The highest BCUT2D eigenvalue weighted by Gasteiger charge is 2.40. The second kappa shape index (κ2) is 8.29. The van der Waals surface area contributed by atoms with Crippen molar-refractivity contribution in [1.29, 1.82) is 0 Å². The lowest BCUT2D eigenvalue weighted by Gasteiger charge is -2.28. The smallest absolute Gasteiger partial charge is 0.325 e. The summed E-state index contributed by atoms with van der Waals surface area (Å²) >= 11 is 0. The molecule has 2 aromatic heterocycles. The number of carbonyl (C=O) groups excluding carboxylic acids is 1. The van der Waals surface area contributed by atoms with Crippen LogP contribution in [0.15, 0.2) is 53.1 Å². The minimum absolute atomic E-state index is 0.369. The molecule has 34 heavy (non-hydrogen) atoms. The van der Waals surface area contributed by atoms with Crippen LogP contribution < -0.4 is 15.5 Å². The van der Waals surface area contributed by atoms with Gasteiger partial charge in [-0.25, -0.2) is 9.89 Å². The van der Waals surface area contributed by atoms with E-state index in [-0.39, 0.29) is 6.03 Å². The molecule has 0 unspecified atom stereocenters. The maximum Gasteiger partial charge on any atom is 0.325 e. The van der Waals surface area contributed by atoms with Gasteiger partial charge in [0.1, 0.15) is 5.76 Å². The maximum absolute atomic E-state index is 12.9. The number of tetrazole rings is 1. The molecule has 0 radical (unpaired) electrons. The van der Waals surface area contributed by atoms with Crippen molar-refractivity contribution in [3.63, 3.8) is 0 Å². The molecule has 0 atom stereocenters. The molecule has 2 aromatic carbocycles. The number of nitrogens with one attached hydrogen (secondary N) is 3. The zero-order valence-electron chi connectivity index (χ0n) is 18.7. The fraction of sp³-hybridized carbons (Fsp3) is 0.292. The summed E-state index contributed by atoms with van der Waals surface area (Å²) in [6, 6.07) is 16.5. The lowest BCUT2D eigenvalue weighted by Crippen LogP contribution is -2.30. The van der Waals surface area contributed by atoms with Gasteiger partial charge in [0.15, 0.2) is 11.6 Å². The molecule has 0 saturated heterocycles. The number of urea groups is 1. The Labute approximate surface area is 195 Å². The van der Waals surface area contributed by atoms with Crippen LogP contribution in [0.1, 0.15) is 31.4 Å². The summed E-state index contributed by atoms with van der Waals surface area (Å²) in [7, 11) is 0. The van der Waals surface area contributed by atoms with E-state index in [9.17, 15) is 4.79 Å². The highest BCUT2D eigenvalue weighted by Crippen LogP contribution is 2.45. The minimum Gasteiger partial charge on any atom is -0.364 e. The van der Waals surface area contributed by atoms with Crippen molar-refractivity contribution in [2.24, 2.45) is 0 Å². The quantitative estimate of drug-likeness (QED) is 0.371. The number of nitrogens with zero attached hydrogens (tertiary/aromatic N) is 5. The fourth-order valence-corrected chi connectivity index (χ4v) is 4.34. The summed E-state index contributed by atoms with van der Waals surface area (Å²) in [5, 5.41) is 24.0. The van der Waals surface area contributed by atoms with Crippen LogP contribution in [-0.4, -0.2) is 43.9 Å². The van der Waals surface area contributed by atoms with Gasteiger partial charge in [-0.05, 0) is 66.3 Å². The van der Waals surface area contributed by atoms with Gasteiger partial charge in [0.2, 0.25) is 0 Å². The van der Waals surface area contributed by atoms with Crippen LogP contribution in [0.25, 0.3) is 22.5 Å². The number of anilines is 3. The van der Waals surface area contributed by atoms with E-state index in [0.717, 1.165) is 28.1 Å². The number of amides is 2. The molecule has 2 amide bonds. The van der Waals surface area contributed by atoms with Crippen molar-refractivity contribution in [1.82, 2.24) is 25.8 Å². The van der Waals surface area contributed by atoms with E-state index in [4.69, 9.17) is 4.52 Å². The summed E-state index contributed by atoms with van der Waals surface area (Å²) in [6.07, 6.45) is 4.74. The lowest BCUT2D eigenvalue weighted by molar-refractivity contribution is 0.262. The second-order valence-electron chi connectivity index (χ2n) is 8.80. The van der Waals surface area contributed by atoms with Crippen molar-refractivity contribution in [2.45, 2.75) is 44.7 Å². The molecule has 2 aliphatic carbocycles. The topological polar surface area (TPSA) is 125 Å². The highest BCUT2D eigenvalue weighted by atomic mass is 16.5. The highest BCUT2D eigenvalue weighted by molar-refractivity contribution is 6.02. The van der Waals surface area contributed by atoms with E-state index in [1.54, 1.807) is 13.0 Å². The molecule has 4 aromatic rings. The Morgan fingerprint density at radius 3 is 2.44 bits per heavy atom. The van der Waals surface area contributed by atoms with Crippen LogP contribution in [0.2, 0.25) is 0 Å². The van der Waals surface area contributed by atoms with E-state index >= 15 is 0 Å². The Kier molecular flexibility index (Phi) is 4.97. The zero-order valence-corrected chi connectivity index (χ0v) is 18.7. The molecule has 10 heteroatoms. The van der Waals surface area contributed by atoms with E-state index in [1.807, 2.05) is 30.3 Å².